The van der Waals surface area contributed by atoms with E-state index in [2.05, 4.69) is 5.32 Å². The van der Waals surface area contributed by atoms with E-state index in [9.17, 15) is 4.79 Å². The summed E-state index contributed by atoms with van der Waals surface area (Å²) >= 11 is 0. The Morgan fingerprint density at radius 2 is 2.19 bits per heavy atom. The van der Waals surface area contributed by atoms with Gasteiger partial charge in [0.2, 0.25) is 5.91 Å². The number of halogens is 1. The van der Waals surface area contributed by atoms with E-state index in [0.717, 1.165) is 38.7 Å². The van der Waals surface area contributed by atoms with E-state index in [0.29, 0.717) is 6.54 Å². The van der Waals surface area contributed by atoms with E-state index in [4.69, 9.17) is 10.5 Å². The van der Waals surface area contributed by atoms with Crippen molar-refractivity contribution < 1.29 is 9.53 Å². The zero-order chi connectivity index (χ0) is 10.7. The van der Waals surface area contributed by atoms with Gasteiger partial charge in [-0.3, -0.25) is 4.79 Å². The Hall–Kier alpha value is -0.320. The normalized spacial score (nSPS) is 33.4. The van der Waals surface area contributed by atoms with Crippen molar-refractivity contribution in [3.63, 3.8) is 0 Å². The molecule has 1 saturated heterocycles. The Morgan fingerprint density at radius 3 is 2.75 bits per heavy atom. The maximum absolute atomic E-state index is 11.7. The summed E-state index contributed by atoms with van der Waals surface area (Å²) in [4.78, 5) is 11.7. The summed E-state index contributed by atoms with van der Waals surface area (Å²) in [5.41, 5.74) is 5.78. The minimum Gasteiger partial charge on any atom is -0.376 e. The number of nitrogens with two attached hydrogens (primary N) is 1. The monoisotopic (exact) mass is 248 g/mol. The second kappa shape index (κ2) is 6.42. The number of hydrogen-bond donors (Lipinski definition) is 2. The lowest BCUT2D eigenvalue weighted by Crippen LogP contribution is -2.35. The Labute approximate surface area is 103 Å². The molecule has 0 aromatic rings. The summed E-state index contributed by atoms with van der Waals surface area (Å²) in [6.07, 6.45) is 5.21. The molecule has 1 aliphatic heterocycles. The van der Waals surface area contributed by atoms with E-state index in [1.165, 1.54) is 0 Å². The van der Waals surface area contributed by atoms with Crippen LogP contribution >= 0.6 is 12.4 Å². The van der Waals surface area contributed by atoms with Crippen molar-refractivity contribution in [3.05, 3.63) is 0 Å². The number of amides is 1. The molecule has 1 saturated carbocycles. The zero-order valence-electron chi connectivity index (χ0n) is 9.48. The number of ether oxygens (including phenoxy) is 1. The summed E-state index contributed by atoms with van der Waals surface area (Å²) in [5, 5.41) is 2.97. The molecule has 4 nitrogen and oxygen atoms in total. The van der Waals surface area contributed by atoms with Gasteiger partial charge in [-0.1, -0.05) is 0 Å². The molecule has 0 aromatic carbocycles. The van der Waals surface area contributed by atoms with Crippen molar-refractivity contribution in [1.82, 2.24) is 5.32 Å². The van der Waals surface area contributed by atoms with Crippen LogP contribution in [0.2, 0.25) is 0 Å². The van der Waals surface area contributed by atoms with Crippen LogP contribution < -0.4 is 11.1 Å². The molecule has 2 aliphatic rings. The first-order chi connectivity index (χ1) is 7.25. The van der Waals surface area contributed by atoms with Crippen molar-refractivity contribution in [2.45, 2.75) is 44.2 Å². The summed E-state index contributed by atoms with van der Waals surface area (Å²) in [6.45, 7) is 1.51. The molecule has 0 bridgehead atoms. The molecule has 0 aromatic heterocycles. The highest BCUT2D eigenvalue weighted by atomic mass is 35.5. The van der Waals surface area contributed by atoms with Crippen molar-refractivity contribution in [3.8, 4) is 0 Å². The van der Waals surface area contributed by atoms with E-state index in [1.807, 2.05) is 0 Å². The highest BCUT2D eigenvalue weighted by Gasteiger charge is 2.28. The molecule has 5 heteroatoms. The maximum Gasteiger partial charge on any atom is 0.223 e. The van der Waals surface area contributed by atoms with Gasteiger partial charge in [0.1, 0.15) is 0 Å². The van der Waals surface area contributed by atoms with Crippen LogP contribution in [0.5, 0.6) is 0 Å². The van der Waals surface area contributed by atoms with Crippen LogP contribution in [0.15, 0.2) is 0 Å². The van der Waals surface area contributed by atoms with Gasteiger partial charge in [0.15, 0.2) is 0 Å². The van der Waals surface area contributed by atoms with Gasteiger partial charge in [0.25, 0.3) is 0 Å². The summed E-state index contributed by atoms with van der Waals surface area (Å²) in [6, 6.07) is 0.225. The number of carbonyl (C=O) groups excluding carboxylic acids is 1. The Balaban J connectivity index is 0.00000128. The minimum absolute atomic E-state index is 0. The van der Waals surface area contributed by atoms with Gasteiger partial charge in [-0.05, 0) is 32.1 Å². The average Bonchev–Trinajstić information content (AvgIpc) is 2.84. The standard InChI is InChI=1S/C11H20N2O2.ClH/c12-9-4-3-8(6-9)11(14)13-7-10-2-1-5-15-10;/h8-10H,1-7,12H2,(H,13,14);1H. The molecule has 1 aliphatic carbocycles. The third-order valence-electron chi connectivity index (χ3n) is 3.37. The summed E-state index contributed by atoms with van der Waals surface area (Å²) in [5.74, 6) is 0.305. The largest absolute Gasteiger partial charge is 0.376 e. The van der Waals surface area contributed by atoms with E-state index in [-0.39, 0.29) is 36.4 Å². The summed E-state index contributed by atoms with van der Waals surface area (Å²) < 4.78 is 5.45. The predicted molar refractivity (Wildman–Crippen MR) is 64.5 cm³/mol. The van der Waals surface area contributed by atoms with Gasteiger partial charge in [-0.25, -0.2) is 0 Å². The van der Waals surface area contributed by atoms with Gasteiger partial charge >= 0.3 is 0 Å². The highest BCUT2D eigenvalue weighted by Crippen LogP contribution is 2.24. The molecule has 2 fully saturated rings. The number of nitrogens with one attached hydrogen (secondary N) is 1. The lowest BCUT2D eigenvalue weighted by atomic mass is 10.1. The van der Waals surface area contributed by atoms with Crippen LogP contribution in [0.3, 0.4) is 0 Å². The van der Waals surface area contributed by atoms with Crippen LogP contribution in [0.4, 0.5) is 0 Å². The minimum atomic E-state index is 0. The summed E-state index contributed by atoms with van der Waals surface area (Å²) in [7, 11) is 0. The molecule has 3 atom stereocenters. The van der Waals surface area contributed by atoms with Gasteiger partial charge < -0.3 is 15.8 Å². The molecule has 0 radical (unpaired) electrons. The fourth-order valence-corrected chi connectivity index (χ4v) is 2.42. The van der Waals surface area contributed by atoms with Crippen molar-refractivity contribution in [2.75, 3.05) is 13.2 Å². The van der Waals surface area contributed by atoms with Crippen molar-refractivity contribution in [2.24, 2.45) is 11.7 Å². The molecule has 3 unspecified atom stereocenters. The number of rotatable bonds is 3. The van der Waals surface area contributed by atoms with E-state index in [1.54, 1.807) is 0 Å². The van der Waals surface area contributed by atoms with Gasteiger partial charge in [0.05, 0.1) is 6.10 Å². The number of hydrogen-bond acceptors (Lipinski definition) is 3. The van der Waals surface area contributed by atoms with Crippen LogP contribution in [0.25, 0.3) is 0 Å². The first-order valence-corrected chi connectivity index (χ1v) is 5.90. The molecule has 2 rings (SSSR count). The Kier molecular flexibility index (Phi) is 5.52. The third kappa shape index (κ3) is 3.61. The molecular weight excluding hydrogens is 228 g/mol. The first kappa shape index (κ1) is 13.7. The van der Waals surface area contributed by atoms with Crippen molar-refractivity contribution >= 4 is 18.3 Å². The molecule has 94 valence electrons. The van der Waals surface area contributed by atoms with Crippen LogP contribution in [0, 0.1) is 5.92 Å². The average molecular weight is 249 g/mol. The smallest absolute Gasteiger partial charge is 0.223 e. The quantitative estimate of drug-likeness (QED) is 0.778. The second-order valence-electron chi connectivity index (χ2n) is 4.65. The van der Waals surface area contributed by atoms with Crippen LogP contribution in [0.1, 0.15) is 32.1 Å². The zero-order valence-corrected chi connectivity index (χ0v) is 10.3. The predicted octanol–water partition coefficient (Wildman–Crippen LogP) is 0.831. The second-order valence-corrected chi connectivity index (χ2v) is 4.65. The van der Waals surface area contributed by atoms with Crippen LogP contribution in [-0.2, 0) is 9.53 Å². The molecule has 0 spiro atoms. The molecule has 1 heterocycles. The first-order valence-electron chi connectivity index (χ1n) is 5.90. The van der Waals surface area contributed by atoms with Crippen molar-refractivity contribution in [1.29, 1.82) is 0 Å². The topological polar surface area (TPSA) is 64.4 Å². The molecule has 3 N–H and O–H groups in total. The fraction of sp³-hybridized carbons (Fsp3) is 0.909. The fourth-order valence-electron chi connectivity index (χ4n) is 2.42. The maximum atomic E-state index is 11.7. The van der Waals surface area contributed by atoms with E-state index < -0.39 is 0 Å². The van der Waals surface area contributed by atoms with Gasteiger partial charge in [0, 0.05) is 25.1 Å². The Bertz CT molecular complexity index is 232. The molecule has 16 heavy (non-hydrogen) atoms. The lowest BCUT2D eigenvalue weighted by Gasteiger charge is -2.14. The third-order valence-corrected chi connectivity index (χ3v) is 3.37. The number of carbonyl (C=O) groups is 1. The van der Waals surface area contributed by atoms with Gasteiger partial charge in [-0.2, -0.15) is 0 Å². The lowest BCUT2D eigenvalue weighted by molar-refractivity contribution is -0.125. The highest BCUT2D eigenvalue weighted by molar-refractivity contribution is 5.85. The van der Waals surface area contributed by atoms with Gasteiger partial charge in [-0.15, -0.1) is 12.4 Å². The molecular formula is C11H21ClN2O2. The van der Waals surface area contributed by atoms with E-state index >= 15 is 0 Å². The SMILES string of the molecule is Cl.NC1CCC(C(=O)NCC2CCCO2)C1. The Morgan fingerprint density at radius 1 is 1.38 bits per heavy atom. The van der Waals surface area contributed by atoms with Crippen LogP contribution in [-0.4, -0.2) is 31.2 Å². The molecule has 1 amide bonds.